The number of aliphatic hydroxyl groups is 1. The molecule has 0 aliphatic heterocycles. The van der Waals surface area contributed by atoms with E-state index in [9.17, 15) is 4.39 Å². The molecule has 0 unspecified atom stereocenters. The van der Waals surface area contributed by atoms with E-state index in [1.54, 1.807) is 18.5 Å². The van der Waals surface area contributed by atoms with Crippen LogP contribution >= 0.6 is 0 Å². The molecule has 4 heteroatoms. The quantitative estimate of drug-likeness (QED) is 0.867. The summed E-state index contributed by atoms with van der Waals surface area (Å²) in [6.45, 7) is 0.176. The average molecular weight is 271 g/mol. The van der Waals surface area contributed by atoms with Crippen molar-refractivity contribution in [1.82, 2.24) is 4.98 Å². The molecule has 1 aromatic carbocycles. The van der Waals surface area contributed by atoms with Crippen molar-refractivity contribution in [2.45, 2.75) is 6.42 Å². The first-order valence-corrected chi connectivity index (χ1v) is 6.20. The van der Waals surface area contributed by atoms with Crippen molar-refractivity contribution in [3.63, 3.8) is 0 Å². The Morgan fingerprint density at radius 3 is 2.95 bits per heavy atom. The highest BCUT2D eigenvalue weighted by atomic mass is 19.1. The third kappa shape index (κ3) is 4.38. The highest BCUT2D eigenvalue weighted by Gasteiger charge is 2.01. The molecule has 0 fully saturated rings. The summed E-state index contributed by atoms with van der Waals surface area (Å²) in [7, 11) is 0. The van der Waals surface area contributed by atoms with Crippen molar-refractivity contribution in [2.75, 3.05) is 13.2 Å². The minimum atomic E-state index is -0.411. The molecule has 0 saturated heterocycles. The second-order valence-electron chi connectivity index (χ2n) is 4.10. The minimum Gasteiger partial charge on any atom is -0.493 e. The van der Waals surface area contributed by atoms with Gasteiger partial charge in [0, 0.05) is 30.4 Å². The Morgan fingerprint density at radius 2 is 2.20 bits per heavy atom. The molecule has 20 heavy (non-hydrogen) atoms. The molecule has 0 aliphatic carbocycles. The third-order valence-electron chi connectivity index (χ3n) is 2.57. The molecule has 0 atom stereocenters. The standard InChI is InChI=1S/C16H14FNO2/c17-15-9-14(4-2-7-19)10-16(11-15)20-8-5-13-3-1-6-18-12-13/h1,3,6,9-12,19H,5,7-8H2. The Labute approximate surface area is 117 Å². The zero-order chi connectivity index (χ0) is 14.2. The molecular formula is C16H14FNO2. The van der Waals surface area contributed by atoms with Gasteiger partial charge in [0.1, 0.15) is 18.2 Å². The lowest BCUT2D eigenvalue weighted by molar-refractivity contribution is 0.320. The van der Waals surface area contributed by atoms with Gasteiger partial charge in [-0.3, -0.25) is 4.98 Å². The van der Waals surface area contributed by atoms with Gasteiger partial charge in [0.15, 0.2) is 0 Å². The number of rotatable bonds is 4. The van der Waals surface area contributed by atoms with Crippen LogP contribution in [0, 0.1) is 17.7 Å². The molecular weight excluding hydrogens is 257 g/mol. The largest absolute Gasteiger partial charge is 0.493 e. The Bertz CT molecular complexity index is 617. The van der Waals surface area contributed by atoms with E-state index in [0.717, 1.165) is 5.56 Å². The summed E-state index contributed by atoms with van der Waals surface area (Å²) in [5, 5.41) is 8.63. The van der Waals surface area contributed by atoms with E-state index < -0.39 is 5.82 Å². The lowest BCUT2D eigenvalue weighted by atomic mass is 10.2. The number of hydrogen-bond acceptors (Lipinski definition) is 3. The predicted molar refractivity (Wildman–Crippen MR) is 73.8 cm³/mol. The van der Waals surface area contributed by atoms with Crippen LogP contribution in [0.4, 0.5) is 4.39 Å². The van der Waals surface area contributed by atoms with Gasteiger partial charge in [0.25, 0.3) is 0 Å². The molecule has 1 N–H and O–H groups in total. The number of halogens is 1. The fraction of sp³-hybridized carbons (Fsp3) is 0.188. The molecule has 2 rings (SSSR count). The van der Waals surface area contributed by atoms with Crippen molar-refractivity contribution in [1.29, 1.82) is 0 Å². The maximum Gasteiger partial charge on any atom is 0.128 e. The number of ether oxygens (including phenoxy) is 1. The van der Waals surface area contributed by atoms with Crippen molar-refractivity contribution < 1.29 is 14.2 Å². The Balaban J connectivity index is 1.97. The van der Waals surface area contributed by atoms with E-state index in [-0.39, 0.29) is 6.61 Å². The van der Waals surface area contributed by atoms with E-state index in [1.165, 1.54) is 12.1 Å². The summed E-state index contributed by atoms with van der Waals surface area (Å²) >= 11 is 0. The second-order valence-corrected chi connectivity index (χ2v) is 4.10. The lowest BCUT2D eigenvalue weighted by Crippen LogP contribution is -2.02. The smallest absolute Gasteiger partial charge is 0.128 e. The van der Waals surface area contributed by atoms with Gasteiger partial charge in [0.2, 0.25) is 0 Å². The number of benzene rings is 1. The van der Waals surface area contributed by atoms with Crippen LogP contribution in [0.2, 0.25) is 0 Å². The highest BCUT2D eigenvalue weighted by Crippen LogP contribution is 2.16. The summed E-state index contributed by atoms with van der Waals surface area (Å²) < 4.78 is 18.9. The van der Waals surface area contributed by atoms with E-state index in [4.69, 9.17) is 9.84 Å². The summed E-state index contributed by atoms with van der Waals surface area (Å²) in [5.41, 5.74) is 1.54. The van der Waals surface area contributed by atoms with Gasteiger partial charge in [-0.2, -0.15) is 0 Å². The summed E-state index contributed by atoms with van der Waals surface area (Å²) in [5.74, 6) is 5.15. The molecule has 0 bridgehead atoms. The topological polar surface area (TPSA) is 42.4 Å². The second kappa shape index (κ2) is 7.27. The predicted octanol–water partition coefficient (Wildman–Crippen LogP) is 2.19. The van der Waals surface area contributed by atoms with E-state index in [2.05, 4.69) is 16.8 Å². The Morgan fingerprint density at radius 1 is 1.30 bits per heavy atom. The summed E-state index contributed by atoms with van der Waals surface area (Å²) in [6, 6.07) is 8.08. The van der Waals surface area contributed by atoms with Crippen molar-refractivity contribution >= 4 is 0 Å². The van der Waals surface area contributed by atoms with Gasteiger partial charge in [-0.1, -0.05) is 17.9 Å². The van der Waals surface area contributed by atoms with Crippen LogP contribution in [0.15, 0.2) is 42.7 Å². The number of pyridine rings is 1. The summed E-state index contributed by atoms with van der Waals surface area (Å²) in [6.07, 6.45) is 4.18. The van der Waals surface area contributed by atoms with Gasteiger partial charge < -0.3 is 9.84 Å². The Kier molecular flexibility index (Phi) is 5.10. The monoisotopic (exact) mass is 271 g/mol. The molecule has 3 nitrogen and oxygen atoms in total. The van der Waals surface area contributed by atoms with Gasteiger partial charge >= 0.3 is 0 Å². The maximum absolute atomic E-state index is 13.4. The maximum atomic E-state index is 13.4. The van der Waals surface area contributed by atoms with Crippen LogP contribution in [0.25, 0.3) is 0 Å². The first kappa shape index (κ1) is 14.0. The van der Waals surface area contributed by atoms with Gasteiger partial charge in [0.05, 0.1) is 6.61 Å². The molecule has 1 heterocycles. The molecule has 0 saturated carbocycles. The molecule has 0 radical (unpaired) electrons. The number of hydrogen-bond donors (Lipinski definition) is 1. The minimum absolute atomic E-state index is 0.256. The highest BCUT2D eigenvalue weighted by molar-refractivity contribution is 5.40. The fourth-order valence-electron chi connectivity index (χ4n) is 1.69. The van der Waals surface area contributed by atoms with Crippen LogP contribution in [0.5, 0.6) is 5.75 Å². The number of aromatic nitrogens is 1. The Hall–Kier alpha value is -2.38. The first-order valence-electron chi connectivity index (χ1n) is 6.20. The molecule has 2 aromatic rings. The molecule has 0 spiro atoms. The van der Waals surface area contributed by atoms with Crippen LogP contribution in [-0.2, 0) is 6.42 Å². The fourth-order valence-corrected chi connectivity index (χ4v) is 1.69. The van der Waals surface area contributed by atoms with Crippen LogP contribution < -0.4 is 4.74 Å². The van der Waals surface area contributed by atoms with Crippen molar-refractivity contribution in [3.8, 4) is 17.6 Å². The molecule has 102 valence electrons. The molecule has 0 amide bonds. The van der Waals surface area contributed by atoms with Crippen LogP contribution in [-0.4, -0.2) is 23.3 Å². The number of aliphatic hydroxyl groups excluding tert-OH is 1. The van der Waals surface area contributed by atoms with Crippen LogP contribution in [0.3, 0.4) is 0 Å². The van der Waals surface area contributed by atoms with Crippen molar-refractivity contribution in [2.24, 2.45) is 0 Å². The number of nitrogens with zero attached hydrogens (tertiary/aromatic N) is 1. The average Bonchev–Trinajstić information content (AvgIpc) is 2.46. The third-order valence-corrected chi connectivity index (χ3v) is 2.57. The zero-order valence-corrected chi connectivity index (χ0v) is 10.8. The molecule has 1 aromatic heterocycles. The van der Waals surface area contributed by atoms with Gasteiger partial charge in [-0.15, -0.1) is 0 Å². The first-order chi connectivity index (χ1) is 9.78. The van der Waals surface area contributed by atoms with E-state index in [0.29, 0.717) is 24.3 Å². The molecule has 0 aliphatic rings. The van der Waals surface area contributed by atoms with E-state index in [1.807, 2.05) is 12.1 Å². The zero-order valence-electron chi connectivity index (χ0n) is 10.8. The van der Waals surface area contributed by atoms with E-state index >= 15 is 0 Å². The van der Waals surface area contributed by atoms with Gasteiger partial charge in [-0.05, 0) is 23.8 Å². The van der Waals surface area contributed by atoms with Crippen molar-refractivity contribution in [3.05, 3.63) is 59.7 Å². The van der Waals surface area contributed by atoms with Gasteiger partial charge in [-0.25, -0.2) is 4.39 Å². The van der Waals surface area contributed by atoms with Crippen LogP contribution in [0.1, 0.15) is 11.1 Å². The lowest BCUT2D eigenvalue weighted by Gasteiger charge is -2.07. The SMILES string of the molecule is OCC#Cc1cc(F)cc(OCCc2cccnc2)c1. The summed E-state index contributed by atoms with van der Waals surface area (Å²) in [4.78, 5) is 4.01. The normalized spacial score (nSPS) is 9.70.